The van der Waals surface area contributed by atoms with Crippen molar-refractivity contribution in [2.24, 2.45) is 5.92 Å². The van der Waals surface area contributed by atoms with Gasteiger partial charge in [-0.3, -0.25) is 4.79 Å². The summed E-state index contributed by atoms with van der Waals surface area (Å²) in [6, 6.07) is 1.41. The molecular formula is C15H22FN3O2. The highest BCUT2D eigenvalue weighted by Gasteiger charge is 2.29. The van der Waals surface area contributed by atoms with E-state index in [0.29, 0.717) is 26.1 Å². The number of hydrogen-bond acceptors (Lipinski definition) is 4. The molecule has 1 saturated heterocycles. The van der Waals surface area contributed by atoms with Crippen molar-refractivity contribution in [2.45, 2.75) is 32.8 Å². The van der Waals surface area contributed by atoms with E-state index in [4.69, 9.17) is 0 Å². The van der Waals surface area contributed by atoms with Gasteiger partial charge in [-0.25, -0.2) is 9.37 Å². The van der Waals surface area contributed by atoms with Crippen molar-refractivity contribution < 1.29 is 14.3 Å². The van der Waals surface area contributed by atoms with Gasteiger partial charge in [-0.15, -0.1) is 0 Å². The summed E-state index contributed by atoms with van der Waals surface area (Å²) in [7, 11) is 0. The van der Waals surface area contributed by atoms with Gasteiger partial charge in [-0.2, -0.15) is 0 Å². The molecule has 2 unspecified atom stereocenters. The van der Waals surface area contributed by atoms with Gasteiger partial charge < -0.3 is 15.3 Å². The van der Waals surface area contributed by atoms with Crippen LogP contribution in [0.2, 0.25) is 0 Å². The summed E-state index contributed by atoms with van der Waals surface area (Å²) in [5.74, 6) is -0.819. The molecular weight excluding hydrogens is 273 g/mol. The second kappa shape index (κ2) is 6.85. The molecule has 1 amide bonds. The molecule has 0 bridgehead atoms. The molecule has 116 valence electrons. The second-order valence-corrected chi connectivity index (χ2v) is 5.53. The highest BCUT2D eigenvalue weighted by atomic mass is 19.1. The monoisotopic (exact) mass is 295 g/mol. The number of piperidine rings is 1. The molecule has 1 aromatic heterocycles. The second-order valence-electron chi connectivity index (χ2n) is 5.53. The number of hydrogen-bond donors (Lipinski definition) is 2. The fraction of sp³-hybridized carbons (Fsp3) is 0.600. The van der Waals surface area contributed by atoms with Gasteiger partial charge in [0.2, 0.25) is 0 Å². The number of aromatic nitrogens is 1. The number of halogens is 1. The van der Waals surface area contributed by atoms with E-state index in [1.165, 1.54) is 12.3 Å². The van der Waals surface area contributed by atoms with Gasteiger partial charge in [0.15, 0.2) is 11.6 Å². The maximum Gasteiger partial charge on any atom is 0.257 e. The number of rotatable bonds is 4. The number of amides is 1. The Bertz CT molecular complexity index is 510. The first kappa shape index (κ1) is 15.7. The topological polar surface area (TPSA) is 65.5 Å². The van der Waals surface area contributed by atoms with Crippen LogP contribution in [-0.4, -0.2) is 46.6 Å². The molecule has 1 aromatic rings. The number of anilines is 1. The lowest BCUT2D eigenvalue weighted by Crippen LogP contribution is -2.45. The van der Waals surface area contributed by atoms with Crippen LogP contribution in [0.3, 0.4) is 0 Å². The highest BCUT2D eigenvalue weighted by Crippen LogP contribution is 2.21. The Balaban J connectivity index is 2.15. The fourth-order valence-corrected chi connectivity index (χ4v) is 2.46. The summed E-state index contributed by atoms with van der Waals surface area (Å²) in [6.07, 6.45) is 2.43. The van der Waals surface area contributed by atoms with Crippen molar-refractivity contribution in [3.63, 3.8) is 0 Å². The van der Waals surface area contributed by atoms with Crippen LogP contribution in [-0.2, 0) is 0 Å². The number of likely N-dealkylation sites (tertiary alicyclic amines) is 1. The third kappa shape index (κ3) is 3.50. The van der Waals surface area contributed by atoms with Crippen LogP contribution in [0.25, 0.3) is 0 Å². The summed E-state index contributed by atoms with van der Waals surface area (Å²) in [6.45, 7) is 5.36. The predicted octanol–water partition coefficient (Wildman–Crippen LogP) is 1.89. The minimum absolute atomic E-state index is 0.00489. The van der Waals surface area contributed by atoms with Crippen LogP contribution >= 0.6 is 0 Å². The third-order valence-electron chi connectivity index (χ3n) is 3.81. The molecule has 2 atom stereocenters. The smallest absolute Gasteiger partial charge is 0.257 e. The minimum Gasteiger partial charge on any atom is -0.393 e. The molecule has 2 N–H and O–H groups in total. The number of carbonyl (C=O) groups is 1. The van der Waals surface area contributed by atoms with Gasteiger partial charge in [0.25, 0.3) is 5.91 Å². The van der Waals surface area contributed by atoms with Crippen LogP contribution < -0.4 is 5.32 Å². The van der Waals surface area contributed by atoms with E-state index in [9.17, 15) is 14.3 Å². The maximum atomic E-state index is 14.4. The molecule has 2 heterocycles. The Morgan fingerprint density at radius 1 is 1.62 bits per heavy atom. The van der Waals surface area contributed by atoms with Gasteiger partial charge in [0.1, 0.15) is 0 Å². The van der Waals surface area contributed by atoms with Crippen LogP contribution in [0, 0.1) is 11.7 Å². The number of pyridine rings is 1. The van der Waals surface area contributed by atoms with E-state index in [-0.39, 0.29) is 23.2 Å². The lowest BCUT2D eigenvalue weighted by atomic mass is 9.96. The molecule has 0 saturated carbocycles. The molecule has 0 spiro atoms. The van der Waals surface area contributed by atoms with Gasteiger partial charge in [0.05, 0.1) is 11.7 Å². The molecule has 0 aromatic carbocycles. The average Bonchev–Trinajstić information content (AvgIpc) is 2.48. The van der Waals surface area contributed by atoms with Crippen molar-refractivity contribution in [1.29, 1.82) is 0 Å². The standard InChI is InChI=1S/C15H22FN3O2/c1-3-6-17-14-13(16)11(4-7-18-14)15(21)19-8-5-12(20)10(2)9-19/h4,7,10,12,20H,3,5-6,8-9H2,1-2H3,(H,17,18). The van der Waals surface area contributed by atoms with Crippen LogP contribution in [0.1, 0.15) is 37.0 Å². The molecule has 1 aliphatic rings. The van der Waals surface area contributed by atoms with E-state index in [1.54, 1.807) is 4.90 Å². The van der Waals surface area contributed by atoms with Crippen molar-refractivity contribution in [2.75, 3.05) is 25.0 Å². The summed E-state index contributed by atoms with van der Waals surface area (Å²) in [5, 5.41) is 12.6. The van der Waals surface area contributed by atoms with Crippen molar-refractivity contribution in [3.05, 3.63) is 23.6 Å². The Morgan fingerprint density at radius 3 is 3.05 bits per heavy atom. The van der Waals surface area contributed by atoms with Crippen molar-refractivity contribution >= 4 is 11.7 Å². The predicted molar refractivity (Wildman–Crippen MR) is 78.7 cm³/mol. The highest BCUT2D eigenvalue weighted by molar-refractivity contribution is 5.95. The fourth-order valence-electron chi connectivity index (χ4n) is 2.46. The molecule has 0 radical (unpaired) electrons. The third-order valence-corrected chi connectivity index (χ3v) is 3.81. The molecule has 1 aliphatic heterocycles. The van der Waals surface area contributed by atoms with Gasteiger partial charge >= 0.3 is 0 Å². The molecule has 21 heavy (non-hydrogen) atoms. The zero-order valence-electron chi connectivity index (χ0n) is 12.5. The minimum atomic E-state index is -0.602. The normalized spacial score (nSPS) is 22.2. The number of aliphatic hydroxyl groups excluding tert-OH is 1. The molecule has 5 nitrogen and oxygen atoms in total. The first-order valence-electron chi connectivity index (χ1n) is 7.40. The van der Waals surface area contributed by atoms with E-state index in [2.05, 4.69) is 10.3 Å². The summed E-state index contributed by atoms with van der Waals surface area (Å²) in [4.78, 5) is 18.0. The quantitative estimate of drug-likeness (QED) is 0.890. The van der Waals surface area contributed by atoms with Crippen LogP contribution in [0.15, 0.2) is 12.3 Å². The Hall–Kier alpha value is -1.69. The van der Waals surface area contributed by atoms with Gasteiger partial charge in [-0.05, 0) is 24.8 Å². The SMILES string of the molecule is CCCNc1nccc(C(=O)N2CCC(O)C(C)C2)c1F. The molecule has 6 heteroatoms. The maximum absolute atomic E-state index is 14.4. The number of nitrogens with zero attached hydrogens (tertiary/aromatic N) is 2. The van der Waals surface area contributed by atoms with Crippen molar-refractivity contribution in [1.82, 2.24) is 9.88 Å². The number of carbonyl (C=O) groups excluding carboxylic acids is 1. The summed E-state index contributed by atoms with van der Waals surface area (Å²) >= 11 is 0. The van der Waals surface area contributed by atoms with Crippen LogP contribution in [0.5, 0.6) is 0 Å². The van der Waals surface area contributed by atoms with E-state index >= 15 is 0 Å². The van der Waals surface area contributed by atoms with Gasteiger partial charge in [-0.1, -0.05) is 13.8 Å². The first-order chi connectivity index (χ1) is 10.0. The first-order valence-corrected chi connectivity index (χ1v) is 7.40. The van der Waals surface area contributed by atoms with Crippen LogP contribution in [0.4, 0.5) is 10.2 Å². The van der Waals surface area contributed by atoms with E-state index in [1.807, 2.05) is 13.8 Å². The van der Waals surface area contributed by atoms with Crippen molar-refractivity contribution in [3.8, 4) is 0 Å². The van der Waals surface area contributed by atoms with E-state index in [0.717, 1.165) is 6.42 Å². The molecule has 1 fully saturated rings. The zero-order chi connectivity index (χ0) is 15.4. The Morgan fingerprint density at radius 2 is 2.38 bits per heavy atom. The summed E-state index contributed by atoms with van der Waals surface area (Å²) in [5.41, 5.74) is 0.0344. The van der Waals surface area contributed by atoms with Gasteiger partial charge in [0, 0.05) is 25.8 Å². The largest absolute Gasteiger partial charge is 0.393 e. The molecule has 2 rings (SSSR count). The average molecular weight is 295 g/mol. The lowest BCUT2D eigenvalue weighted by molar-refractivity contribution is 0.0295. The number of nitrogens with one attached hydrogen (secondary N) is 1. The lowest BCUT2D eigenvalue weighted by Gasteiger charge is -2.34. The summed E-state index contributed by atoms with van der Waals surface area (Å²) < 4.78 is 14.4. The zero-order valence-corrected chi connectivity index (χ0v) is 12.5. The Kier molecular flexibility index (Phi) is 5.12. The molecule has 0 aliphatic carbocycles. The van der Waals surface area contributed by atoms with E-state index < -0.39 is 11.9 Å². The Labute approximate surface area is 124 Å². The number of aliphatic hydroxyl groups is 1.